The summed E-state index contributed by atoms with van der Waals surface area (Å²) in [4.78, 5) is 19.2. The molecule has 1 heterocycles. The Morgan fingerprint density at radius 3 is 2.62 bits per heavy atom. The van der Waals surface area contributed by atoms with Crippen molar-refractivity contribution in [3.05, 3.63) is 6.33 Å². The number of amides is 1. The Morgan fingerprint density at radius 2 is 2.12 bits per heavy atom. The number of carbonyl (C=O) groups is 1. The molecule has 7 heteroatoms. The summed E-state index contributed by atoms with van der Waals surface area (Å²) in [6, 6.07) is 0. The molecule has 0 aliphatic rings. The Kier molecular flexibility index (Phi) is 4.24. The SMILES string of the molecule is CN(C)CCN(C)C(=O)Cn1cnc(N)n1. The van der Waals surface area contributed by atoms with E-state index in [1.807, 2.05) is 19.0 Å². The molecule has 0 saturated carbocycles. The highest BCUT2D eigenvalue weighted by atomic mass is 16.2. The van der Waals surface area contributed by atoms with Crippen molar-refractivity contribution in [2.45, 2.75) is 6.54 Å². The molecule has 0 unspecified atom stereocenters. The molecule has 1 aromatic rings. The normalized spacial score (nSPS) is 10.8. The Balaban J connectivity index is 2.39. The van der Waals surface area contributed by atoms with Gasteiger partial charge in [-0.05, 0) is 14.1 Å². The van der Waals surface area contributed by atoms with Crippen LogP contribution in [0.1, 0.15) is 0 Å². The molecule has 7 nitrogen and oxygen atoms in total. The van der Waals surface area contributed by atoms with Gasteiger partial charge in [0.15, 0.2) is 0 Å². The fourth-order valence-electron chi connectivity index (χ4n) is 1.12. The largest absolute Gasteiger partial charge is 0.367 e. The highest BCUT2D eigenvalue weighted by molar-refractivity contribution is 5.75. The maximum atomic E-state index is 11.7. The van der Waals surface area contributed by atoms with Crippen LogP contribution in [0.2, 0.25) is 0 Å². The molecule has 1 rings (SSSR count). The number of carbonyl (C=O) groups excluding carboxylic acids is 1. The van der Waals surface area contributed by atoms with E-state index in [9.17, 15) is 4.79 Å². The van der Waals surface area contributed by atoms with Crippen molar-refractivity contribution in [3.63, 3.8) is 0 Å². The number of aromatic nitrogens is 3. The van der Waals surface area contributed by atoms with Gasteiger partial charge in [0.25, 0.3) is 0 Å². The molecule has 0 aliphatic carbocycles. The van der Waals surface area contributed by atoms with Crippen LogP contribution in [-0.2, 0) is 11.3 Å². The molecule has 16 heavy (non-hydrogen) atoms. The lowest BCUT2D eigenvalue weighted by molar-refractivity contribution is -0.130. The van der Waals surface area contributed by atoms with Crippen LogP contribution in [0.15, 0.2) is 6.33 Å². The third kappa shape index (κ3) is 3.85. The monoisotopic (exact) mass is 226 g/mol. The van der Waals surface area contributed by atoms with Gasteiger partial charge in [-0.15, -0.1) is 5.10 Å². The average molecular weight is 226 g/mol. The number of nitrogens with zero attached hydrogens (tertiary/aromatic N) is 5. The van der Waals surface area contributed by atoms with Crippen LogP contribution in [0.5, 0.6) is 0 Å². The van der Waals surface area contributed by atoms with E-state index in [2.05, 4.69) is 10.1 Å². The highest BCUT2D eigenvalue weighted by Crippen LogP contribution is 1.93. The van der Waals surface area contributed by atoms with Gasteiger partial charge in [0.05, 0.1) is 0 Å². The number of nitrogens with two attached hydrogens (primary N) is 1. The van der Waals surface area contributed by atoms with Crippen molar-refractivity contribution in [1.29, 1.82) is 0 Å². The van der Waals surface area contributed by atoms with E-state index in [-0.39, 0.29) is 18.4 Å². The number of nitrogen functional groups attached to an aromatic ring is 1. The minimum absolute atomic E-state index is 0.00764. The average Bonchev–Trinajstić information content (AvgIpc) is 2.60. The van der Waals surface area contributed by atoms with Gasteiger partial charge in [0, 0.05) is 20.1 Å². The topological polar surface area (TPSA) is 80.3 Å². The van der Waals surface area contributed by atoms with Crippen molar-refractivity contribution >= 4 is 11.9 Å². The second-order valence-electron chi connectivity index (χ2n) is 3.92. The van der Waals surface area contributed by atoms with Gasteiger partial charge in [-0.25, -0.2) is 9.67 Å². The smallest absolute Gasteiger partial charge is 0.244 e. The van der Waals surface area contributed by atoms with E-state index in [0.29, 0.717) is 6.54 Å². The quantitative estimate of drug-likeness (QED) is 0.688. The summed E-state index contributed by atoms with van der Waals surface area (Å²) in [7, 11) is 5.71. The van der Waals surface area contributed by atoms with E-state index >= 15 is 0 Å². The first-order valence-electron chi connectivity index (χ1n) is 5.02. The molecule has 0 bridgehead atoms. The standard InChI is InChI=1S/C9H18N6O/c1-13(2)4-5-14(3)8(16)6-15-7-11-9(10)12-15/h7H,4-6H2,1-3H3,(H2,10,12). The highest BCUT2D eigenvalue weighted by Gasteiger charge is 2.10. The first kappa shape index (κ1) is 12.4. The van der Waals surface area contributed by atoms with Gasteiger partial charge in [0.1, 0.15) is 12.9 Å². The van der Waals surface area contributed by atoms with Crippen molar-refractivity contribution in [1.82, 2.24) is 24.6 Å². The van der Waals surface area contributed by atoms with E-state index in [1.165, 1.54) is 11.0 Å². The van der Waals surface area contributed by atoms with E-state index in [4.69, 9.17) is 5.73 Å². The minimum atomic E-state index is -0.00764. The van der Waals surface area contributed by atoms with E-state index < -0.39 is 0 Å². The summed E-state index contributed by atoms with van der Waals surface area (Å²) >= 11 is 0. The molecule has 1 aromatic heterocycles. The molecule has 0 saturated heterocycles. The Labute approximate surface area is 94.8 Å². The number of anilines is 1. The summed E-state index contributed by atoms with van der Waals surface area (Å²) in [5, 5.41) is 3.85. The molecule has 1 amide bonds. The summed E-state index contributed by atoms with van der Waals surface area (Å²) in [6.45, 7) is 1.70. The number of hydrogen-bond acceptors (Lipinski definition) is 5. The van der Waals surface area contributed by atoms with E-state index in [1.54, 1.807) is 11.9 Å². The molecule has 0 atom stereocenters. The number of likely N-dealkylation sites (N-methyl/N-ethyl adjacent to an activating group) is 2. The van der Waals surface area contributed by atoms with Gasteiger partial charge in [0.2, 0.25) is 11.9 Å². The zero-order valence-corrected chi connectivity index (χ0v) is 9.92. The molecule has 0 radical (unpaired) electrons. The predicted molar refractivity (Wildman–Crippen MR) is 60.6 cm³/mol. The lowest BCUT2D eigenvalue weighted by Gasteiger charge is -2.19. The van der Waals surface area contributed by atoms with Crippen molar-refractivity contribution in [2.75, 3.05) is 40.0 Å². The molecular weight excluding hydrogens is 208 g/mol. The first-order chi connectivity index (χ1) is 7.49. The Hall–Kier alpha value is -1.63. The van der Waals surface area contributed by atoms with Crippen LogP contribution >= 0.6 is 0 Å². The van der Waals surface area contributed by atoms with Gasteiger partial charge in [-0.1, -0.05) is 0 Å². The van der Waals surface area contributed by atoms with Gasteiger partial charge < -0.3 is 15.5 Å². The third-order valence-electron chi connectivity index (χ3n) is 2.16. The lowest BCUT2D eigenvalue weighted by atomic mass is 10.4. The number of hydrogen-bond donors (Lipinski definition) is 1. The fraction of sp³-hybridized carbons (Fsp3) is 0.667. The zero-order valence-electron chi connectivity index (χ0n) is 9.92. The summed E-state index contributed by atoms with van der Waals surface area (Å²) < 4.78 is 1.43. The molecule has 0 aliphatic heterocycles. The third-order valence-corrected chi connectivity index (χ3v) is 2.16. The molecule has 2 N–H and O–H groups in total. The predicted octanol–water partition coefficient (Wildman–Crippen LogP) is -1.12. The molecule has 90 valence electrons. The molecule has 0 aromatic carbocycles. The summed E-state index contributed by atoms with van der Waals surface area (Å²) in [5.41, 5.74) is 5.35. The second-order valence-corrected chi connectivity index (χ2v) is 3.92. The molecule has 0 spiro atoms. The second kappa shape index (κ2) is 5.45. The zero-order chi connectivity index (χ0) is 12.1. The fourth-order valence-corrected chi connectivity index (χ4v) is 1.12. The maximum absolute atomic E-state index is 11.7. The Morgan fingerprint density at radius 1 is 1.44 bits per heavy atom. The molecule has 0 fully saturated rings. The van der Waals surface area contributed by atoms with Gasteiger partial charge in [-0.2, -0.15) is 0 Å². The van der Waals surface area contributed by atoms with E-state index in [0.717, 1.165) is 6.54 Å². The molecular formula is C9H18N6O. The van der Waals surface area contributed by atoms with Gasteiger partial charge >= 0.3 is 0 Å². The summed E-state index contributed by atoms with van der Waals surface area (Å²) in [6.07, 6.45) is 1.45. The van der Waals surface area contributed by atoms with Crippen LogP contribution in [0.4, 0.5) is 5.95 Å². The summed E-state index contributed by atoms with van der Waals surface area (Å²) in [5.74, 6) is 0.176. The van der Waals surface area contributed by atoms with Crippen molar-refractivity contribution in [3.8, 4) is 0 Å². The van der Waals surface area contributed by atoms with Crippen LogP contribution in [0.25, 0.3) is 0 Å². The lowest BCUT2D eigenvalue weighted by Crippen LogP contribution is -2.35. The van der Waals surface area contributed by atoms with Crippen LogP contribution in [-0.4, -0.2) is 64.7 Å². The van der Waals surface area contributed by atoms with Crippen molar-refractivity contribution < 1.29 is 4.79 Å². The Bertz CT molecular complexity index is 348. The van der Waals surface area contributed by atoms with Crippen LogP contribution < -0.4 is 5.73 Å². The van der Waals surface area contributed by atoms with Gasteiger partial charge in [-0.3, -0.25) is 4.79 Å². The van der Waals surface area contributed by atoms with Crippen molar-refractivity contribution in [2.24, 2.45) is 0 Å². The number of rotatable bonds is 5. The minimum Gasteiger partial charge on any atom is -0.367 e. The van der Waals surface area contributed by atoms with Crippen LogP contribution in [0.3, 0.4) is 0 Å². The van der Waals surface area contributed by atoms with Crippen LogP contribution in [0, 0.1) is 0 Å². The maximum Gasteiger partial charge on any atom is 0.244 e. The first-order valence-corrected chi connectivity index (χ1v) is 5.02.